The van der Waals surface area contributed by atoms with Crippen LogP contribution in [0.5, 0.6) is 11.5 Å². The molecule has 1 heterocycles. The predicted molar refractivity (Wildman–Crippen MR) is 120 cm³/mol. The Kier molecular flexibility index (Phi) is 6.60. The standard InChI is InChI=1S/C24H26ClNO5/c1-13(2)11-18(27)21-22(15-9-10-19(30-4)20(12-15)31-5)26(24(29)23(21)28)17-8-6-7-16(25)14(17)3/h6-10,12-13,22,28H,11H2,1-5H3. The molecular weight excluding hydrogens is 418 g/mol. The molecule has 2 aromatic rings. The number of ketones is 1. The molecule has 0 radical (unpaired) electrons. The van der Waals surface area contributed by atoms with E-state index in [0.29, 0.717) is 33.3 Å². The van der Waals surface area contributed by atoms with E-state index >= 15 is 0 Å². The maximum Gasteiger partial charge on any atom is 0.294 e. The van der Waals surface area contributed by atoms with Gasteiger partial charge in [0.2, 0.25) is 0 Å². The largest absolute Gasteiger partial charge is 0.503 e. The number of aliphatic hydroxyl groups is 1. The summed E-state index contributed by atoms with van der Waals surface area (Å²) in [5.74, 6) is -0.414. The third-order valence-electron chi connectivity index (χ3n) is 5.32. The van der Waals surface area contributed by atoms with Gasteiger partial charge in [0.1, 0.15) is 0 Å². The van der Waals surface area contributed by atoms with Crippen molar-refractivity contribution < 1.29 is 24.2 Å². The van der Waals surface area contributed by atoms with Crippen LogP contribution in [0.2, 0.25) is 5.02 Å². The molecule has 0 aromatic heterocycles. The fourth-order valence-electron chi connectivity index (χ4n) is 3.81. The molecular formula is C24H26ClNO5. The number of anilines is 1. The number of benzene rings is 2. The summed E-state index contributed by atoms with van der Waals surface area (Å²) < 4.78 is 10.7. The number of amides is 1. The molecule has 0 aliphatic carbocycles. The number of hydrogen-bond donors (Lipinski definition) is 1. The number of ether oxygens (including phenoxy) is 2. The highest BCUT2D eigenvalue weighted by molar-refractivity contribution is 6.32. The molecule has 0 fully saturated rings. The van der Waals surface area contributed by atoms with Crippen LogP contribution in [0.25, 0.3) is 0 Å². The number of Topliss-reactive ketones (excluding diaryl/α,β-unsaturated/α-hetero) is 1. The van der Waals surface area contributed by atoms with Crippen LogP contribution in [-0.2, 0) is 9.59 Å². The van der Waals surface area contributed by atoms with Gasteiger partial charge < -0.3 is 14.6 Å². The summed E-state index contributed by atoms with van der Waals surface area (Å²) in [6.45, 7) is 5.62. The van der Waals surface area contributed by atoms with Gasteiger partial charge in [-0.25, -0.2) is 0 Å². The molecule has 7 heteroatoms. The number of nitrogens with zero attached hydrogens (tertiary/aromatic N) is 1. The molecule has 0 saturated carbocycles. The van der Waals surface area contributed by atoms with Crippen molar-refractivity contribution in [2.24, 2.45) is 5.92 Å². The number of methoxy groups -OCH3 is 2. The fourth-order valence-corrected chi connectivity index (χ4v) is 3.98. The summed E-state index contributed by atoms with van der Waals surface area (Å²) in [7, 11) is 3.04. The van der Waals surface area contributed by atoms with Gasteiger partial charge in [-0.3, -0.25) is 14.5 Å². The Balaban J connectivity index is 2.23. The van der Waals surface area contributed by atoms with Gasteiger partial charge in [-0.1, -0.05) is 37.6 Å². The van der Waals surface area contributed by atoms with Crippen LogP contribution < -0.4 is 14.4 Å². The lowest BCUT2D eigenvalue weighted by molar-refractivity contribution is -0.118. The van der Waals surface area contributed by atoms with E-state index in [2.05, 4.69) is 0 Å². The molecule has 164 valence electrons. The molecule has 0 saturated heterocycles. The summed E-state index contributed by atoms with van der Waals surface area (Å²) >= 11 is 6.31. The Morgan fingerprint density at radius 2 is 1.84 bits per heavy atom. The molecule has 1 unspecified atom stereocenters. The fraction of sp³-hybridized carbons (Fsp3) is 0.333. The number of hydrogen-bond acceptors (Lipinski definition) is 5. The lowest BCUT2D eigenvalue weighted by Gasteiger charge is -2.29. The summed E-state index contributed by atoms with van der Waals surface area (Å²) in [6.07, 6.45) is 0.207. The van der Waals surface area contributed by atoms with Gasteiger partial charge in [0, 0.05) is 17.1 Å². The van der Waals surface area contributed by atoms with E-state index in [9.17, 15) is 14.7 Å². The Labute approximate surface area is 187 Å². The molecule has 2 aromatic carbocycles. The third-order valence-corrected chi connectivity index (χ3v) is 5.73. The number of carbonyl (C=O) groups excluding carboxylic acids is 2. The van der Waals surface area contributed by atoms with Crippen LogP contribution in [0.15, 0.2) is 47.7 Å². The van der Waals surface area contributed by atoms with Crippen LogP contribution in [-0.4, -0.2) is 31.0 Å². The highest BCUT2D eigenvalue weighted by atomic mass is 35.5. The number of carbonyl (C=O) groups is 2. The first kappa shape index (κ1) is 22.7. The second-order valence-electron chi connectivity index (χ2n) is 7.86. The maximum atomic E-state index is 13.2. The van der Waals surface area contributed by atoms with Crippen molar-refractivity contribution >= 4 is 29.0 Å². The third kappa shape index (κ3) is 4.12. The van der Waals surface area contributed by atoms with Crippen LogP contribution in [0, 0.1) is 12.8 Å². The SMILES string of the molecule is COc1ccc(C2C(C(=O)CC(C)C)=C(O)C(=O)N2c2cccc(Cl)c2C)cc1OC. The zero-order valence-corrected chi connectivity index (χ0v) is 19.0. The lowest BCUT2D eigenvalue weighted by atomic mass is 9.91. The van der Waals surface area contributed by atoms with E-state index in [1.807, 2.05) is 13.8 Å². The van der Waals surface area contributed by atoms with E-state index in [0.717, 1.165) is 0 Å². The first-order valence-electron chi connectivity index (χ1n) is 9.98. The van der Waals surface area contributed by atoms with Crippen molar-refractivity contribution in [2.45, 2.75) is 33.2 Å². The Morgan fingerprint density at radius 1 is 1.16 bits per heavy atom. The summed E-state index contributed by atoms with van der Waals surface area (Å²) in [5.41, 5.74) is 1.89. The second-order valence-corrected chi connectivity index (χ2v) is 8.27. The highest BCUT2D eigenvalue weighted by Gasteiger charge is 2.45. The average Bonchev–Trinajstić information content (AvgIpc) is 3.00. The smallest absolute Gasteiger partial charge is 0.294 e. The quantitative estimate of drug-likeness (QED) is 0.638. The molecule has 1 amide bonds. The molecule has 1 aliphatic heterocycles. The van der Waals surface area contributed by atoms with Crippen molar-refractivity contribution in [1.29, 1.82) is 0 Å². The first-order chi connectivity index (χ1) is 14.7. The zero-order chi connectivity index (χ0) is 22.9. The van der Waals surface area contributed by atoms with Gasteiger partial charge in [-0.2, -0.15) is 0 Å². The molecule has 0 bridgehead atoms. The van der Waals surface area contributed by atoms with E-state index in [1.54, 1.807) is 43.3 Å². The Hall–Kier alpha value is -2.99. The Bertz CT molecular complexity index is 1060. The summed E-state index contributed by atoms with van der Waals surface area (Å²) in [5, 5.41) is 11.3. The monoisotopic (exact) mass is 443 g/mol. The molecule has 1 atom stereocenters. The number of rotatable bonds is 7. The van der Waals surface area contributed by atoms with Gasteiger partial charge in [-0.15, -0.1) is 0 Å². The van der Waals surface area contributed by atoms with E-state index < -0.39 is 17.7 Å². The van der Waals surface area contributed by atoms with E-state index in [-0.39, 0.29) is 23.7 Å². The van der Waals surface area contributed by atoms with Crippen molar-refractivity contribution in [3.63, 3.8) is 0 Å². The first-order valence-corrected chi connectivity index (χ1v) is 10.4. The van der Waals surface area contributed by atoms with Gasteiger partial charge in [0.25, 0.3) is 5.91 Å². The summed E-state index contributed by atoms with van der Waals surface area (Å²) in [6, 6.07) is 9.56. The van der Waals surface area contributed by atoms with E-state index in [4.69, 9.17) is 21.1 Å². The minimum absolute atomic E-state index is 0.0657. The van der Waals surface area contributed by atoms with Crippen LogP contribution >= 0.6 is 11.6 Å². The van der Waals surface area contributed by atoms with Crippen molar-refractivity contribution in [2.75, 3.05) is 19.1 Å². The molecule has 1 N–H and O–H groups in total. The summed E-state index contributed by atoms with van der Waals surface area (Å²) in [4.78, 5) is 27.7. The minimum Gasteiger partial charge on any atom is -0.503 e. The second kappa shape index (κ2) is 9.02. The average molecular weight is 444 g/mol. The normalized spacial score (nSPS) is 16.3. The van der Waals surface area contributed by atoms with Gasteiger partial charge in [0.05, 0.1) is 25.8 Å². The molecule has 1 aliphatic rings. The van der Waals surface area contributed by atoms with Crippen molar-refractivity contribution in [3.8, 4) is 11.5 Å². The molecule has 31 heavy (non-hydrogen) atoms. The number of aliphatic hydroxyl groups excluding tert-OH is 1. The van der Waals surface area contributed by atoms with E-state index in [1.165, 1.54) is 19.1 Å². The van der Waals surface area contributed by atoms with Crippen molar-refractivity contribution in [3.05, 3.63) is 63.9 Å². The van der Waals surface area contributed by atoms with Gasteiger partial charge >= 0.3 is 0 Å². The zero-order valence-electron chi connectivity index (χ0n) is 18.2. The van der Waals surface area contributed by atoms with Crippen LogP contribution in [0.3, 0.4) is 0 Å². The highest BCUT2D eigenvalue weighted by Crippen LogP contribution is 2.45. The molecule has 6 nitrogen and oxygen atoms in total. The predicted octanol–water partition coefficient (Wildman–Crippen LogP) is 5.18. The topological polar surface area (TPSA) is 76.1 Å². The number of halogens is 1. The van der Waals surface area contributed by atoms with Crippen LogP contribution in [0.1, 0.15) is 37.4 Å². The van der Waals surface area contributed by atoms with Gasteiger partial charge in [-0.05, 0) is 48.2 Å². The minimum atomic E-state index is -0.823. The molecule has 0 spiro atoms. The van der Waals surface area contributed by atoms with Crippen molar-refractivity contribution in [1.82, 2.24) is 0 Å². The maximum absolute atomic E-state index is 13.2. The lowest BCUT2D eigenvalue weighted by Crippen LogP contribution is -2.31. The molecule has 3 rings (SSSR count). The Morgan fingerprint density at radius 3 is 2.45 bits per heavy atom. The van der Waals surface area contributed by atoms with Gasteiger partial charge in [0.15, 0.2) is 23.0 Å². The van der Waals surface area contributed by atoms with Crippen LogP contribution in [0.4, 0.5) is 5.69 Å².